The third-order valence-electron chi connectivity index (χ3n) is 3.48. The average Bonchev–Trinajstić information content (AvgIpc) is 3.15. The Morgan fingerprint density at radius 2 is 2.19 bits per heavy atom. The Morgan fingerprint density at radius 1 is 1.33 bits per heavy atom. The Hall–Kier alpha value is -2.09. The molecule has 8 heteroatoms. The summed E-state index contributed by atoms with van der Waals surface area (Å²) < 4.78 is 8.73. The van der Waals surface area contributed by atoms with Gasteiger partial charge in [-0.25, -0.2) is 9.48 Å². The Labute approximate surface area is 123 Å². The fraction of sp³-hybridized carbons (Fsp3) is 0.385. The molecule has 21 heavy (non-hydrogen) atoms. The number of oxazole rings is 1. The van der Waals surface area contributed by atoms with Gasteiger partial charge in [-0.1, -0.05) is 23.9 Å². The molecule has 0 spiro atoms. The van der Waals surface area contributed by atoms with Gasteiger partial charge in [-0.3, -0.25) is 4.57 Å². The van der Waals surface area contributed by atoms with Crippen molar-refractivity contribution >= 4 is 22.9 Å². The first-order chi connectivity index (χ1) is 10.3. The molecule has 0 bridgehead atoms. The minimum Gasteiger partial charge on any atom is -0.408 e. The maximum atomic E-state index is 11.9. The summed E-state index contributed by atoms with van der Waals surface area (Å²) in [5.74, 6) is 0.398. The largest absolute Gasteiger partial charge is 0.419 e. The van der Waals surface area contributed by atoms with E-state index in [2.05, 4.69) is 15.5 Å². The first-order valence-electron chi connectivity index (χ1n) is 6.82. The van der Waals surface area contributed by atoms with Gasteiger partial charge in [-0.15, -0.1) is 5.10 Å². The second kappa shape index (κ2) is 5.03. The van der Waals surface area contributed by atoms with Crippen molar-refractivity contribution in [1.82, 2.24) is 24.8 Å². The molecule has 1 aliphatic rings. The number of benzene rings is 1. The third-order valence-corrected chi connectivity index (χ3v) is 4.39. The number of hydrogen-bond acceptors (Lipinski definition) is 6. The Kier molecular flexibility index (Phi) is 3.03. The standard InChI is InChI=1S/C13H13N5O2S/c19-13-17(10-3-1-2-4-11(10)20-13)7-8-21-12-14-15-16-18(12)9-5-6-9/h1-4,9H,5-8H2. The van der Waals surface area contributed by atoms with Crippen LogP contribution >= 0.6 is 11.8 Å². The topological polar surface area (TPSA) is 78.7 Å². The number of nitrogens with zero attached hydrogens (tertiary/aromatic N) is 5. The highest BCUT2D eigenvalue weighted by Crippen LogP contribution is 2.36. The number of aromatic nitrogens is 5. The molecule has 1 saturated carbocycles. The summed E-state index contributed by atoms with van der Waals surface area (Å²) in [6.45, 7) is 0.568. The van der Waals surface area contributed by atoms with Gasteiger partial charge < -0.3 is 4.42 Å². The SMILES string of the molecule is O=c1oc2ccccc2n1CCSc1nnnn1C1CC1. The number of rotatable bonds is 5. The molecule has 4 rings (SSSR count). The number of aryl methyl sites for hydroxylation is 1. The van der Waals surface area contributed by atoms with Gasteiger partial charge in [-0.2, -0.15) is 0 Å². The molecule has 7 nitrogen and oxygen atoms in total. The summed E-state index contributed by atoms with van der Waals surface area (Å²) in [5.41, 5.74) is 1.44. The molecule has 0 saturated heterocycles. The van der Waals surface area contributed by atoms with Gasteiger partial charge in [-0.05, 0) is 35.4 Å². The van der Waals surface area contributed by atoms with Gasteiger partial charge >= 0.3 is 5.76 Å². The Morgan fingerprint density at radius 3 is 3.05 bits per heavy atom. The number of tetrazole rings is 1. The van der Waals surface area contributed by atoms with Crippen LogP contribution in [0.1, 0.15) is 18.9 Å². The smallest absolute Gasteiger partial charge is 0.408 e. The molecule has 1 aliphatic carbocycles. The third kappa shape index (κ3) is 2.35. The normalized spacial score (nSPS) is 14.9. The summed E-state index contributed by atoms with van der Waals surface area (Å²) in [4.78, 5) is 11.9. The molecule has 0 unspecified atom stereocenters. The van der Waals surface area contributed by atoms with E-state index < -0.39 is 0 Å². The summed E-state index contributed by atoms with van der Waals surface area (Å²) in [5, 5.41) is 12.6. The summed E-state index contributed by atoms with van der Waals surface area (Å²) in [6, 6.07) is 7.90. The zero-order chi connectivity index (χ0) is 14.2. The number of thioether (sulfide) groups is 1. The van der Waals surface area contributed by atoms with Gasteiger partial charge in [0.2, 0.25) is 5.16 Å². The summed E-state index contributed by atoms with van der Waals surface area (Å²) in [6.07, 6.45) is 2.29. The van der Waals surface area contributed by atoms with Crippen molar-refractivity contribution in [2.75, 3.05) is 5.75 Å². The van der Waals surface area contributed by atoms with Crippen molar-refractivity contribution in [3.8, 4) is 0 Å². The zero-order valence-corrected chi connectivity index (χ0v) is 12.0. The molecule has 0 amide bonds. The van der Waals surface area contributed by atoms with Crippen LogP contribution in [-0.2, 0) is 6.54 Å². The van der Waals surface area contributed by atoms with Gasteiger partial charge in [0.15, 0.2) is 5.58 Å². The van der Waals surface area contributed by atoms with E-state index in [1.165, 1.54) is 0 Å². The minimum atomic E-state index is -0.321. The summed E-state index contributed by atoms with van der Waals surface area (Å²) in [7, 11) is 0. The van der Waals surface area contributed by atoms with Crippen LogP contribution in [0.25, 0.3) is 11.1 Å². The van der Waals surface area contributed by atoms with E-state index in [-0.39, 0.29) is 5.76 Å². The van der Waals surface area contributed by atoms with Crippen LogP contribution in [0.5, 0.6) is 0 Å². The van der Waals surface area contributed by atoms with Gasteiger partial charge in [0.1, 0.15) is 0 Å². The fourth-order valence-corrected chi connectivity index (χ4v) is 3.15. The van der Waals surface area contributed by atoms with Crippen molar-refractivity contribution < 1.29 is 4.42 Å². The van der Waals surface area contributed by atoms with E-state index in [0.29, 0.717) is 18.2 Å². The molecular formula is C13H13N5O2S. The summed E-state index contributed by atoms with van der Waals surface area (Å²) >= 11 is 1.56. The van der Waals surface area contributed by atoms with Gasteiger partial charge in [0.25, 0.3) is 0 Å². The van der Waals surface area contributed by atoms with Crippen molar-refractivity contribution in [3.63, 3.8) is 0 Å². The molecular weight excluding hydrogens is 290 g/mol. The van der Waals surface area contributed by atoms with Crippen molar-refractivity contribution in [3.05, 3.63) is 34.8 Å². The number of fused-ring (bicyclic) bond motifs is 1. The maximum absolute atomic E-state index is 11.9. The lowest BCUT2D eigenvalue weighted by Gasteiger charge is -2.03. The average molecular weight is 303 g/mol. The van der Waals surface area contributed by atoms with Crippen molar-refractivity contribution in [2.24, 2.45) is 0 Å². The molecule has 1 fully saturated rings. The monoisotopic (exact) mass is 303 g/mol. The van der Waals surface area contributed by atoms with Crippen LogP contribution in [0.3, 0.4) is 0 Å². The minimum absolute atomic E-state index is 0.321. The Bertz CT molecular complexity index is 832. The molecule has 0 radical (unpaired) electrons. The molecule has 0 atom stereocenters. The number of hydrogen-bond donors (Lipinski definition) is 0. The molecule has 0 N–H and O–H groups in total. The van der Waals surface area contributed by atoms with Crippen molar-refractivity contribution in [2.45, 2.75) is 30.6 Å². The van der Waals surface area contributed by atoms with Gasteiger partial charge in [0.05, 0.1) is 11.6 Å². The van der Waals surface area contributed by atoms with Crippen LogP contribution in [-0.4, -0.2) is 30.5 Å². The lowest BCUT2D eigenvalue weighted by atomic mass is 10.3. The molecule has 2 aromatic heterocycles. The van der Waals surface area contributed by atoms with Gasteiger partial charge in [0, 0.05) is 12.3 Å². The highest BCUT2D eigenvalue weighted by Gasteiger charge is 2.27. The molecule has 108 valence electrons. The maximum Gasteiger partial charge on any atom is 0.419 e. The second-order valence-electron chi connectivity index (χ2n) is 4.97. The fourth-order valence-electron chi connectivity index (χ4n) is 2.28. The van der Waals surface area contributed by atoms with E-state index in [4.69, 9.17) is 4.42 Å². The van der Waals surface area contributed by atoms with Crippen molar-refractivity contribution in [1.29, 1.82) is 0 Å². The van der Waals surface area contributed by atoms with Crippen LogP contribution in [0.15, 0.2) is 38.6 Å². The Balaban J connectivity index is 1.50. The molecule has 3 aromatic rings. The van der Waals surface area contributed by atoms with E-state index in [0.717, 1.165) is 29.3 Å². The van der Waals surface area contributed by atoms with E-state index in [1.807, 2.05) is 22.9 Å². The highest BCUT2D eigenvalue weighted by atomic mass is 32.2. The lowest BCUT2D eigenvalue weighted by molar-refractivity contribution is 0.514. The quantitative estimate of drug-likeness (QED) is 0.668. The molecule has 0 aliphatic heterocycles. The first kappa shape index (κ1) is 12.6. The zero-order valence-electron chi connectivity index (χ0n) is 11.2. The lowest BCUT2D eigenvalue weighted by Crippen LogP contribution is -2.15. The predicted molar refractivity (Wildman–Crippen MR) is 77.3 cm³/mol. The highest BCUT2D eigenvalue weighted by molar-refractivity contribution is 7.99. The van der Waals surface area contributed by atoms with E-state index in [1.54, 1.807) is 22.4 Å². The molecule has 2 heterocycles. The predicted octanol–water partition coefficient (Wildman–Crippen LogP) is 1.71. The van der Waals surface area contributed by atoms with Crippen LogP contribution < -0.4 is 5.76 Å². The second-order valence-corrected chi connectivity index (χ2v) is 6.04. The number of para-hydroxylation sites is 2. The van der Waals surface area contributed by atoms with Crippen LogP contribution in [0.4, 0.5) is 0 Å². The van der Waals surface area contributed by atoms with E-state index >= 15 is 0 Å². The van der Waals surface area contributed by atoms with E-state index in [9.17, 15) is 4.79 Å². The van der Waals surface area contributed by atoms with Crippen LogP contribution in [0, 0.1) is 0 Å². The van der Waals surface area contributed by atoms with Crippen LogP contribution in [0.2, 0.25) is 0 Å². The molecule has 1 aromatic carbocycles. The first-order valence-corrected chi connectivity index (χ1v) is 7.80.